The molecule has 19 heavy (non-hydrogen) atoms. The third kappa shape index (κ3) is 3.43. The largest absolute Gasteiger partial charge is 0.506 e. The lowest BCUT2D eigenvalue weighted by molar-refractivity contribution is 0.180. The molecule has 0 fully saturated rings. The molecule has 3 heteroatoms. The lowest BCUT2D eigenvalue weighted by Crippen LogP contribution is -2.40. The summed E-state index contributed by atoms with van der Waals surface area (Å²) in [7, 11) is 0. The fraction of sp³-hybridized carbons (Fsp3) is 0.625. The topological polar surface area (TPSA) is 23.5 Å². The number of fused-ring (bicyclic) bond motifs is 1. The van der Waals surface area contributed by atoms with E-state index in [-0.39, 0.29) is 5.75 Å². The molecule has 0 aliphatic heterocycles. The van der Waals surface area contributed by atoms with Crippen molar-refractivity contribution in [2.75, 3.05) is 13.1 Å². The number of phenolic OH excluding ortho intramolecular Hbond substituents is 1. The van der Waals surface area contributed by atoms with E-state index in [1.54, 1.807) is 0 Å². The summed E-state index contributed by atoms with van der Waals surface area (Å²) < 4.78 is 0. The maximum absolute atomic E-state index is 9.76. The lowest BCUT2D eigenvalue weighted by atomic mass is 9.87. The van der Waals surface area contributed by atoms with Crippen molar-refractivity contribution < 1.29 is 5.11 Å². The van der Waals surface area contributed by atoms with Gasteiger partial charge >= 0.3 is 0 Å². The Morgan fingerprint density at radius 1 is 1.21 bits per heavy atom. The highest BCUT2D eigenvalue weighted by atomic mass is 35.5. The van der Waals surface area contributed by atoms with Crippen molar-refractivity contribution in [3.8, 4) is 5.75 Å². The van der Waals surface area contributed by atoms with E-state index in [2.05, 4.69) is 18.7 Å². The van der Waals surface area contributed by atoms with Crippen LogP contribution < -0.4 is 0 Å². The first-order chi connectivity index (χ1) is 9.15. The summed E-state index contributed by atoms with van der Waals surface area (Å²) >= 11 is 5.98. The summed E-state index contributed by atoms with van der Waals surface area (Å²) in [6.07, 6.45) is 5.72. The fourth-order valence-electron chi connectivity index (χ4n) is 3.11. The van der Waals surface area contributed by atoms with Gasteiger partial charge in [-0.25, -0.2) is 0 Å². The molecule has 0 amide bonds. The monoisotopic (exact) mass is 281 g/mol. The van der Waals surface area contributed by atoms with Crippen molar-refractivity contribution in [2.24, 2.45) is 0 Å². The first kappa shape index (κ1) is 14.7. The van der Waals surface area contributed by atoms with E-state index in [0.29, 0.717) is 11.1 Å². The summed E-state index contributed by atoms with van der Waals surface area (Å²) in [6.45, 7) is 6.83. The van der Waals surface area contributed by atoms with Crippen molar-refractivity contribution in [2.45, 2.75) is 52.0 Å². The number of aromatic hydroxyl groups is 1. The Bertz CT molecular complexity index is 427. The van der Waals surface area contributed by atoms with E-state index >= 15 is 0 Å². The highest BCUT2D eigenvalue weighted by Gasteiger charge is 2.24. The van der Waals surface area contributed by atoms with E-state index < -0.39 is 0 Å². The number of halogens is 1. The van der Waals surface area contributed by atoms with Crippen LogP contribution in [0.3, 0.4) is 0 Å². The lowest BCUT2D eigenvalue weighted by Gasteiger charge is -2.35. The Balaban J connectivity index is 2.14. The standard InChI is InChI=1S/C16H24ClNO/c1-3-7-18(8-4-2)14-6-5-12-10-15(17)16(19)11-13(12)9-14/h10-11,14,19H,3-9H2,1-2H3/t14-/m1/s1. The second-order valence-corrected chi connectivity index (χ2v) is 5.91. The van der Waals surface area contributed by atoms with Crippen LogP contribution in [0.1, 0.15) is 44.2 Å². The SMILES string of the molecule is CCCN(CCC)[C@@H]1CCc2cc(Cl)c(O)cc2C1. The van der Waals surface area contributed by atoms with Crippen molar-refractivity contribution in [1.29, 1.82) is 0 Å². The van der Waals surface area contributed by atoms with Gasteiger partial charge in [-0.1, -0.05) is 25.4 Å². The molecular weight excluding hydrogens is 258 g/mol. The molecule has 0 aromatic heterocycles. The summed E-state index contributed by atoms with van der Waals surface area (Å²) in [5.74, 6) is 0.221. The molecule has 0 spiro atoms. The molecule has 0 saturated heterocycles. The summed E-state index contributed by atoms with van der Waals surface area (Å²) in [4.78, 5) is 2.61. The zero-order chi connectivity index (χ0) is 13.8. The molecule has 2 rings (SSSR count). The van der Waals surface area contributed by atoms with Gasteiger partial charge in [-0.05, 0) is 68.5 Å². The van der Waals surface area contributed by atoms with Crippen molar-refractivity contribution in [1.82, 2.24) is 4.90 Å². The number of nitrogens with zero attached hydrogens (tertiary/aromatic N) is 1. The van der Waals surface area contributed by atoms with Crippen LogP contribution in [0.5, 0.6) is 5.75 Å². The normalized spacial score (nSPS) is 18.6. The Morgan fingerprint density at radius 2 is 1.89 bits per heavy atom. The van der Waals surface area contributed by atoms with Gasteiger partial charge in [-0.2, -0.15) is 0 Å². The van der Waals surface area contributed by atoms with Crippen molar-refractivity contribution >= 4 is 11.6 Å². The van der Waals surface area contributed by atoms with Gasteiger partial charge in [0, 0.05) is 6.04 Å². The minimum absolute atomic E-state index is 0.221. The van der Waals surface area contributed by atoms with Crippen LogP contribution in [0, 0.1) is 0 Å². The van der Waals surface area contributed by atoms with Gasteiger partial charge in [0.2, 0.25) is 0 Å². The Labute approximate surface area is 121 Å². The van der Waals surface area contributed by atoms with Gasteiger partial charge in [0.1, 0.15) is 5.75 Å². The predicted molar refractivity (Wildman–Crippen MR) is 81.1 cm³/mol. The summed E-state index contributed by atoms with van der Waals surface area (Å²) in [6, 6.07) is 4.42. The number of hydrogen-bond donors (Lipinski definition) is 1. The molecule has 1 aliphatic carbocycles. The molecule has 0 saturated carbocycles. The number of benzene rings is 1. The summed E-state index contributed by atoms with van der Waals surface area (Å²) in [5, 5.41) is 10.2. The smallest absolute Gasteiger partial charge is 0.134 e. The molecule has 0 heterocycles. The highest BCUT2D eigenvalue weighted by Crippen LogP contribution is 2.32. The van der Waals surface area contributed by atoms with Crippen LogP contribution in [-0.4, -0.2) is 29.1 Å². The molecule has 1 N–H and O–H groups in total. The first-order valence-electron chi connectivity index (χ1n) is 7.40. The molecule has 1 atom stereocenters. The number of hydrogen-bond acceptors (Lipinski definition) is 2. The Morgan fingerprint density at radius 3 is 2.53 bits per heavy atom. The zero-order valence-electron chi connectivity index (χ0n) is 12.0. The minimum Gasteiger partial charge on any atom is -0.506 e. The van der Waals surface area contributed by atoms with E-state index in [9.17, 15) is 5.11 Å². The molecule has 106 valence electrons. The second kappa shape index (κ2) is 6.62. The molecule has 1 aliphatic rings. The van der Waals surface area contributed by atoms with Crippen LogP contribution >= 0.6 is 11.6 Å². The van der Waals surface area contributed by atoms with Gasteiger partial charge < -0.3 is 10.0 Å². The van der Waals surface area contributed by atoms with Gasteiger partial charge in [-0.15, -0.1) is 0 Å². The van der Waals surface area contributed by atoms with Gasteiger partial charge in [0.05, 0.1) is 5.02 Å². The maximum Gasteiger partial charge on any atom is 0.134 e. The van der Waals surface area contributed by atoms with E-state index in [1.807, 2.05) is 12.1 Å². The van der Waals surface area contributed by atoms with Crippen LogP contribution in [0.15, 0.2) is 12.1 Å². The predicted octanol–water partition coefficient (Wildman–Crippen LogP) is 4.02. The van der Waals surface area contributed by atoms with Crippen molar-refractivity contribution in [3.63, 3.8) is 0 Å². The van der Waals surface area contributed by atoms with Crippen molar-refractivity contribution in [3.05, 3.63) is 28.3 Å². The second-order valence-electron chi connectivity index (χ2n) is 5.50. The third-order valence-corrected chi connectivity index (χ3v) is 4.31. The van der Waals surface area contributed by atoms with E-state index in [4.69, 9.17) is 11.6 Å². The molecule has 0 unspecified atom stereocenters. The number of phenols is 1. The van der Waals surface area contributed by atoms with Gasteiger partial charge in [0.15, 0.2) is 0 Å². The third-order valence-electron chi connectivity index (χ3n) is 4.01. The molecular formula is C16H24ClNO. The minimum atomic E-state index is 0.221. The van der Waals surface area contributed by atoms with Gasteiger partial charge in [-0.3, -0.25) is 0 Å². The maximum atomic E-state index is 9.76. The van der Waals surface area contributed by atoms with E-state index in [1.165, 1.54) is 43.5 Å². The molecule has 1 aromatic rings. The summed E-state index contributed by atoms with van der Waals surface area (Å²) in [5.41, 5.74) is 2.59. The van der Waals surface area contributed by atoms with Crippen LogP contribution in [0.2, 0.25) is 5.02 Å². The number of aryl methyl sites for hydroxylation is 1. The van der Waals surface area contributed by atoms with Gasteiger partial charge in [0.25, 0.3) is 0 Å². The molecule has 0 radical (unpaired) electrons. The average Bonchev–Trinajstić information content (AvgIpc) is 2.39. The fourth-order valence-corrected chi connectivity index (χ4v) is 3.30. The van der Waals surface area contributed by atoms with E-state index in [0.717, 1.165) is 12.8 Å². The Hall–Kier alpha value is -0.730. The highest BCUT2D eigenvalue weighted by molar-refractivity contribution is 6.32. The molecule has 1 aromatic carbocycles. The molecule has 0 bridgehead atoms. The molecule has 2 nitrogen and oxygen atoms in total. The Kier molecular flexibility index (Phi) is 5.12. The number of rotatable bonds is 5. The average molecular weight is 282 g/mol. The van der Waals surface area contributed by atoms with Crippen LogP contribution in [0.4, 0.5) is 0 Å². The quantitative estimate of drug-likeness (QED) is 0.881. The zero-order valence-corrected chi connectivity index (χ0v) is 12.7. The van der Waals surface area contributed by atoms with Crippen LogP contribution in [0.25, 0.3) is 0 Å². The first-order valence-corrected chi connectivity index (χ1v) is 7.77. The van der Waals surface area contributed by atoms with Crippen LogP contribution in [-0.2, 0) is 12.8 Å².